The Hall–Kier alpha value is -1.46. The molecule has 0 atom stereocenters. The van der Waals surface area contributed by atoms with Gasteiger partial charge in [0.15, 0.2) is 0 Å². The highest BCUT2D eigenvalue weighted by Gasteiger charge is 2.10. The Labute approximate surface area is 124 Å². The summed E-state index contributed by atoms with van der Waals surface area (Å²) in [4.78, 5) is 19.7. The molecule has 0 aliphatic heterocycles. The van der Waals surface area contributed by atoms with E-state index in [0.29, 0.717) is 5.69 Å². The number of anilines is 1. The number of nitrogens with zero attached hydrogens (tertiary/aromatic N) is 2. The van der Waals surface area contributed by atoms with Gasteiger partial charge < -0.3 is 5.32 Å². The first-order chi connectivity index (χ1) is 8.97. The zero-order chi connectivity index (χ0) is 14.0. The fraction of sp³-hybridized carbons (Fsp3) is 0.154. The SMILES string of the molecule is Cc1cc(NC(=O)c2cncc(Cl)n2)cc(C)c1Br. The third-order valence-electron chi connectivity index (χ3n) is 2.53. The van der Waals surface area contributed by atoms with Gasteiger partial charge >= 0.3 is 0 Å². The number of benzene rings is 1. The van der Waals surface area contributed by atoms with Gasteiger partial charge in [0.25, 0.3) is 5.91 Å². The lowest BCUT2D eigenvalue weighted by Crippen LogP contribution is -2.14. The fourth-order valence-electron chi connectivity index (χ4n) is 1.66. The number of carbonyl (C=O) groups excluding carboxylic acids is 1. The van der Waals surface area contributed by atoms with Crippen molar-refractivity contribution in [3.05, 3.63) is 51.0 Å². The van der Waals surface area contributed by atoms with Gasteiger partial charge in [-0.2, -0.15) is 0 Å². The first-order valence-corrected chi connectivity index (χ1v) is 6.70. The summed E-state index contributed by atoms with van der Waals surface area (Å²) in [5.41, 5.74) is 3.00. The molecule has 1 amide bonds. The van der Waals surface area contributed by atoms with Crippen molar-refractivity contribution in [1.82, 2.24) is 9.97 Å². The Morgan fingerprint density at radius 3 is 2.47 bits per heavy atom. The van der Waals surface area contributed by atoms with Crippen LogP contribution < -0.4 is 5.32 Å². The highest BCUT2D eigenvalue weighted by molar-refractivity contribution is 9.10. The molecule has 0 fully saturated rings. The molecule has 0 saturated carbocycles. The van der Waals surface area contributed by atoms with Crippen molar-refractivity contribution in [2.45, 2.75) is 13.8 Å². The quantitative estimate of drug-likeness (QED) is 0.905. The van der Waals surface area contributed by atoms with Crippen LogP contribution in [0.1, 0.15) is 21.6 Å². The number of aromatic nitrogens is 2. The maximum Gasteiger partial charge on any atom is 0.275 e. The molecule has 0 radical (unpaired) electrons. The van der Waals surface area contributed by atoms with E-state index in [0.717, 1.165) is 15.6 Å². The van der Waals surface area contributed by atoms with Crippen LogP contribution >= 0.6 is 27.5 Å². The smallest absolute Gasteiger partial charge is 0.275 e. The minimum Gasteiger partial charge on any atom is -0.321 e. The zero-order valence-electron chi connectivity index (χ0n) is 10.4. The van der Waals surface area contributed by atoms with Crippen LogP contribution in [0.15, 0.2) is 29.0 Å². The van der Waals surface area contributed by atoms with Gasteiger partial charge in [0.1, 0.15) is 10.8 Å². The molecule has 1 aromatic carbocycles. The summed E-state index contributed by atoms with van der Waals surface area (Å²) < 4.78 is 1.04. The number of halogens is 2. The number of carbonyl (C=O) groups is 1. The minimum absolute atomic E-state index is 0.186. The third-order valence-corrected chi connectivity index (χ3v) is 3.97. The van der Waals surface area contributed by atoms with Crippen molar-refractivity contribution in [3.8, 4) is 0 Å². The lowest BCUT2D eigenvalue weighted by Gasteiger charge is -2.09. The zero-order valence-corrected chi connectivity index (χ0v) is 12.7. The van der Waals surface area contributed by atoms with E-state index < -0.39 is 0 Å². The number of nitrogens with one attached hydrogen (secondary N) is 1. The number of hydrogen-bond acceptors (Lipinski definition) is 3. The average molecular weight is 341 g/mol. The molecular weight excluding hydrogens is 330 g/mol. The van der Waals surface area contributed by atoms with Gasteiger partial charge in [-0.3, -0.25) is 9.78 Å². The van der Waals surface area contributed by atoms with Crippen LogP contribution in [-0.2, 0) is 0 Å². The predicted octanol–water partition coefficient (Wildman–Crippen LogP) is 3.76. The molecule has 6 heteroatoms. The van der Waals surface area contributed by atoms with Crippen LogP contribution in [0.3, 0.4) is 0 Å². The molecule has 0 unspecified atom stereocenters. The number of amides is 1. The third kappa shape index (κ3) is 3.30. The molecule has 0 spiro atoms. The van der Waals surface area contributed by atoms with Crippen molar-refractivity contribution in [3.63, 3.8) is 0 Å². The normalized spacial score (nSPS) is 10.3. The van der Waals surface area contributed by atoms with Crippen molar-refractivity contribution in [2.24, 2.45) is 0 Å². The van der Waals surface area contributed by atoms with Gasteiger partial charge in [-0.25, -0.2) is 4.98 Å². The van der Waals surface area contributed by atoms with Crippen LogP contribution in [0.25, 0.3) is 0 Å². The van der Waals surface area contributed by atoms with E-state index in [2.05, 4.69) is 31.2 Å². The summed E-state index contributed by atoms with van der Waals surface area (Å²) in [5, 5.41) is 2.96. The number of rotatable bonds is 2. The van der Waals surface area contributed by atoms with Crippen molar-refractivity contribution >= 4 is 39.1 Å². The maximum absolute atomic E-state index is 12.0. The first-order valence-electron chi connectivity index (χ1n) is 5.53. The Kier molecular flexibility index (Phi) is 4.17. The Morgan fingerprint density at radius 2 is 1.89 bits per heavy atom. The van der Waals surface area contributed by atoms with E-state index in [-0.39, 0.29) is 16.8 Å². The van der Waals surface area contributed by atoms with Crippen LogP contribution in [0.5, 0.6) is 0 Å². The molecule has 1 heterocycles. The lowest BCUT2D eigenvalue weighted by molar-refractivity contribution is 0.102. The van der Waals surface area contributed by atoms with Crippen LogP contribution in [0.4, 0.5) is 5.69 Å². The van der Waals surface area contributed by atoms with E-state index in [1.54, 1.807) is 0 Å². The fourth-order valence-corrected chi connectivity index (χ4v) is 2.04. The lowest BCUT2D eigenvalue weighted by atomic mass is 10.1. The van der Waals surface area contributed by atoms with Gasteiger partial charge in [-0.1, -0.05) is 27.5 Å². The molecule has 98 valence electrons. The highest BCUT2D eigenvalue weighted by atomic mass is 79.9. The Bertz CT molecular complexity index is 623. The van der Waals surface area contributed by atoms with Gasteiger partial charge in [-0.05, 0) is 37.1 Å². The van der Waals surface area contributed by atoms with Gasteiger partial charge in [0.2, 0.25) is 0 Å². The Balaban J connectivity index is 2.24. The second-order valence-electron chi connectivity index (χ2n) is 4.11. The van der Waals surface area contributed by atoms with E-state index in [9.17, 15) is 4.79 Å². The van der Waals surface area contributed by atoms with Crippen LogP contribution in [0, 0.1) is 13.8 Å². The molecule has 2 aromatic rings. The van der Waals surface area contributed by atoms with Crippen LogP contribution in [-0.4, -0.2) is 15.9 Å². The molecule has 0 saturated heterocycles. The molecule has 0 aliphatic rings. The maximum atomic E-state index is 12.0. The topological polar surface area (TPSA) is 54.9 Å². The summed E-state index contributed by atoms with van der Waals surface area (Å²) in [6.45, 7) is 3.93. The molecule has 1 aromatic heterocycles. The van der Waals surface area contributed by atoms with Crippen molar-refractivity contribution in [2.75, 3.05) is 5.32 Å². The van der Waals surface area contributed by atoms with Crippen molar-refractivity contribution < 1.29 is 4.79 Å². The molecule has 0 aliphatic carbocycles. The van der Waals surface area contributed by atoms with Gasteiger partial charge in [0, 0.05) is 10.2 Å². The van der Waals surface area contributed by atoms with Gasteiger partial charge in [0.05, 0.1) is 12.4 Å². The standard InChI is InChI=1S/C13H11BrClN3O/c1-7-3-9(4-8(2)12(7)14)17-13(19)10-5-16-6-11(15)18-10/h3-6H,1-2H3,(H,17,19). The highest BCUT2D eigenvalue weighted by Crippen LogP contribution is 2.25. The number of hydrogen-bond donors (Lipinski definition) is 1. The van der Waals surface area contributed by atoms with Crippen LogP contribution in [0.2, 0.25) is 5.15 Å². The van der Waals surface area contributed by atoms with E-state index in [1.807, 2.05) is 26.0 Å². The van der Waals surface area contributed by atoms with E-state index in [1.165, 1.54) is 12.4 Å². The average Bonchev–Trinajstić information content (AvgIpc) is 2.36. The molecule has 4 nitrogen and oxygen atoms in total. The Morgan fingerprint density at radius 1 is 1.26 bits per heavy atom. The van der Waals surface area contributed by atoms with E-state index in [4.69, 9.17) is 11.6 Å². The monoisotopic (exact) mass is 339 g/mol. The summed E-state index contributed by atoms with van der Waals surface area (Å²) in [7, 11) is 0. The number of aryl methyl sites for hydroxylation is 2. The summed E-state index contributed by atoms with van der Waals surface area (Å²) in [5.74, 6) is -0.337. The first kappa shape index (κ1) is 14.0. The van der Waals surface area contributed by atoms with Crippen molar-refractivity contribution in [1.29, 1.82) is 0 Å². The predicted molar refractivity (Wildman–Crippen MR) is 78.6 cm³/mol. The summed E-state index contributed by atoms with van der Waals surface area (Å²) >= 11 is 9.18. The summed E-state index contributed by atoms with van der Waals surface area (Å²) in [6, 6.07) is 3.76. The summed E-state index contributed by atoms with van der Waals surface area (Å²) in [6.07, 6.45) is 2.76. The molecular formula is C13H11BrClN3O. The molecule has 2 rings (SSSR count). The molecule has 1 N–H and O–H groups in total. The molecule has 19 heavy (non-hydrogen) atoms. The second kappa shape index (κ2) is 5.67. The minimum atomic E-state index is -0.337. The second-order valence-corrected chi connectivity index (χ2v) is 5.29. The largest absolute Gasteiger partial charge is 0.321 e. The van der Waals surface area contributed by atoms with Gasteiger partial charge in [-0.15, -0.1) is 0 Å². The van der Waals surface area contributed by atoms with E-state index >= 15 is 0 Å². The molecule has 0 bridgehead atoms.